The van der Waals surface area contributed by atoms with Gasteiger partial charge in [0.1, 0.15) is 5.82 Å². The van der Waals surface area contributed by atoms with Crippen molar-refractivity contribution in [2.45, 2.75) is 18.6 Å². The number of hydrogen-bond donors (Lipinski definition) is 1. The van der Waals surface area contributed by atoms with E-state index in [4.69, 9.17) is 14.2 Å². The van der Waals surface area contributed by atoms with Gasteiger partial charge in [-0.1, -0.05) is 12.1 Å². The highest BCUT2D eigenvalue weighted by molar-refractivity contribution is 5.96. The molecule has 1 aromatic carbocycles. The minimum Gasteiger partial charge on any atom is -0.465 e. The molecule has 2 fully saturated rings. The van der Waals surface area contributed by atoms with Gasteiger partial charge in [-0.2, -0.15) is 0 Å². The lowest BCUT2D eigenvalue weighted by molar-refractivity contribution is -0.181. The van der Waals surface area contributed by atoms with E-state index in [0.29, 0.717) is 61.8 Å². The van der Waals surface area contributed by atoms with Crippen LogP contribution in [0.2, 0.25) is 0 Å². The van der Waals surface area contributed by atoms with E-state index in [0.717, 1.165) is 0 Å². The number of anilines is 2. The number of para-hydroxylation sites is 1. The normalized spacial score (nSPS) is 17.9. The second-order valence-electron chi connectivity index (χ2n) is 6.99. The van der Waals surface area contributed by atoms with Crippen molar-refractivity contribution >= 4 is 23.4 Å². The smallest absolute Gasteiger partial charge is 0.339 e. The second kappa shape index (κ2) is 8.18. The van der Waals surface area contributed by atoms with Crippen LogP contribution >= 0.6 is 0 Å². The third-order valence-corrected chi connectivity index (χ3v) is 5.23. The van der Waals surface area contributed by atoms with E-state index in [1.54, 1.807) is 41.4 Å². The average Bonchev–Trinajstić information content (AvgIpc) is 3.22. The standard InChI is InChI=1S/C21H23N3O5/c1-27-20(26)16-4-2-3-5-17(16)23-18-7-6-15(14-22-18)19(25)24-10-8-21(9-11-24)28-12-13-29-21/h2-7,14H,8-13H2,1H3,(H,22,23). The minimum atomic E-state index is -0.504. The first-order valence-corrected chi connectivity index (χ1v) is 9.58. The molecule has 1 aromatic heterocycles. The molecule has 2 aliphatic rings. The predicted octanol–water partition coefficient (Wildman–Crippen LogP) is 2.59. The van der Waals surface area contributed by atoms with Crippen LogP contribution in [0, 0.1) is 0 Å². The third-order valence-electron chi connectivity index (χ3n) is 5.23. The van der Waals surface area contributed by atoms with Gasteiger partial charge in [0.15, 0.2) is 5.79 Å². The van der Waals surface area contributed by atoms with E-state index >= 15 is 0 Å². The van der Waals surface area contributed by atoms with Crippen molar-refractivity contribution in [1.29, 1.82) is 0 Å². The van der Waals surface area contributed by atoms with Crippen LogP contribution in [0.25, 0.3) is 0 Å². The molecule has 8 heteroatoms. The van der Waals surface area contributed by atoms with Crippen molar-refractivity contribution in [3.8, 4) is 0 Å². The molecule has 2 aromatic rings. The number of benzene rings is 1. The molecule has 152 valence electrons. The van der Waals surface area contributed by atoms with Gasteiger partial charge >= 0.3 is 5.97 Å². The Balaban J connectivity index is 1.41. The summed E-state index contributed by atoms with van der Waals surface area (Å²) in [5, 5.41) is 3.10. The lowest BCUT2D eigenvalue weighted by atomic mass is 10.0. The van der Waals surface area contributed by atoms with Crippen LogP contribution in [-0.2, 0) is 14.2 Å². The average molecular weight is 397 g/mol. The number of amides is 1. The molecule has 0 bridgehead atoms. The fourth-order valence-electron chi connectivity index (χ4n) is 3.63. The van der Waals surface area contributed by atoms with Crippen LogP contribution < -0.4 is 5.32 Å². The maximum atomic E-state index is 12.8. The summed E-state index contributed by atoms with van der Waals surface area (Å²) in [5.74, 6) is -0.469. The van der Waals surface area contributed by atoms with Gasteiger partial charge in [0.25, 0.3) is 5.91 Å². The highest BCUT2D eigenvalue weighted by atomic mass is 16.7. The Morgan fingerprint density at radius 3 is 2.48 bits per heavy atom. The largest absolute Gasteiger partial charge is 0.465 e. The first-order chi connectivity index (χ1) is 14.1. The maximum Gasteiger partial charge on any atom is 0.339 e. The molecule has 29 heavy (non-hydrogen) atoms. The minimum absolute atomic E-state index is 0.0631. The second-order valence-corrected chi connectivity index (χ2v) is 6.99. The summed E-state index contributed by atoms with van der Waals surface area (Å²) in [4.78, 5) is 30.8. The van der Waals surface area contributed by atoms with E-state index in [1.807, 2.05) is 6.07 Å². The zero-order valence-electron chi connectivity index (χ0n) is 16.2. The zero-order valence-corrected chi connectivity index (χ0v) is 16.2. The van der Waals surface area contributed by atoms with Gasteiger partial charge in [-0.15, -0.1) is 0 Å². The van der Waals surface area contributed by atoms with Gasteiger partial charge in [0.05, 0.1) is 37.1 Å². The van der Waals surface area contributed by atoms with Crippen LogP contribution in [0.3, 0.4) is 0 Å². The first kappa shape index (κ1) is 19.4. The number of carbonyl (C=O) groups excluding carboxylic acids is 2. The van der Waals surface area contributed by atoms with E-state index in [1.165, 1.54) is 7.11 Å². The third kappa shape index (κ3) is 4.08. The predicted molar refractivity (Wildman–Crippen MR) is 105 cm³/mol. The summed E-state index contributed by atoms with van der Waals surface area (Å²) in [6.45, 7) is 2.41. The first-order valence-electron chi connectivity index (χ1n) is 9.58. The molecule has 0 aliphatic carbocycles. The Morgan fingerprint density at radius 1 is 1.10 bits per heavy atom. The molecular formula is C21H23N3O5. The highest BCUT2D eigenvalue weighted by Gasteiger charge is 2.40. The number of rotatable bonds is 4. The van der Waals surface area contributed by atoms with E-state index < -0.39 is 11.8 Å². The van der Waals surface area contributed by atoms with Crippen molar-refractivity contribution in [3.05, 3.63) is 53.7 Å². The van der Waals surface area contributed by atoms with Crippen LogP contribution in [0.1, 0.15) is 33.6 Å². The lowest BCUT2D eigenvalue weighted by Gasteiger charge is -2.37. The molecule has 0 radical (unpaired) electrons. The molecule has 0 atom stereocenters. The summed E-state index contributed by atoms with van der Waals surface area (Å²) >= 11 is 0. The lowest BCUT2D eigenvalue weighted by Crippen LogP contribution is -2.47. The molecule has 0 unspecified atom stereocenters. The Bertz CT molecular complexity index is 883. The fraction of sp³-hybridized carbons (Fsp3) is 0.381. The Kier molecular flexibility index (Phi) is 5.46. The summed E-state index contributed by atoms with van der Waals surface area (Å²) in [7, 11) is 1.34. The van der Waals surface area contributed by atoms with Crippen molar-refractivity contribution < 1.29 is 23.8 Å². The van der Waals surface area contributed by atoms with Crippen LogP contribution in [0.15, 0.2) is 42.6 Å². The number of pyridine rings is 1. The van der Waals surface area contributed by atoms with Gasteiger partial charge in [-0.3, -0.25) is 4.79 Å². The molecular weight excluding hydrogens is 374 g/mol. The van der Waals surface area contributed by atoms with E-state index in [2.05, 4.69) is 10.3 Å². The van der Waals surface area contributed by atoms with Crippen molar-refractivity contribution in [3.63, 3.8) is 0 Å². The molecule has 1 N–H and O–H groups in total. The van der Waals surface area contributed by atoms with Gasteiger partial charge in [0, 0.05) is 32.1 Å². The van der Waals surface area contributed by atoms with Crippen LogP contribution in [-0.4, -0.2) is 61.0 Å². The van der Waals surface area contributed by atoms with Gasteiger partial charge in [-0.25, -0.2) is 9.78 Å². The highest BCUT2D eigenvalue weighted by Crippen LogP contribution is 2.31. The molecule has 0 saturated carbocycles. The molecule has 1 spiro atoms. The maximum absolute atomic E-state index is 12.8. The molecule has 8 nitrogen and oxygen atoms in total. The SMILES string of the molecule is COC(=O)c1ccccc1Nc1ccc(C(=O)N2CCC3(CC2)OCCO3)cn1. The van der Waals surface area contributed by atoms with Crippen molar-refractivity contribution in [1.82, 2.24) is 9.88 Å². The van der Waals surface area contributed by atoms with Crippen molar-refractivity contribution in [2.24, 2.45) is 0 Å². The summed E-state index contributed by atoms with van der Waals surface area (Å²) in [6, 6.07) is 10.5. The summed E-state index contributed by atoms with van der Waals surface area (Å²) in [5.41, 5.74) is 1.51. The van der Waals surface area contributed by atoms with Gasteiger partial charge in [-0.05, 0) is 24.3 Å². The number of methoxy groups -OCH3 is 1. The van der Waals surface area contributed by atoms with Crippen LogP contribution in [0.4, 0.5) is 11.5 Å². The Labute approximate surface area is 168 Å². The quantitative estimate of drug-likeness (QED) is 0.793. The number of nitrogens with one attached hydrogen (secondary N) is 1. The molecule has 2 saturated heterocycles. The monoisotopic (exact) mass is 397 g/mol. The molecule has 2 aliphatic heterocycles. The number of nitrogens with zero attached hydrogens (tertiary/aromatic N) is 2. The summed E-state index contributed by atoms with van der Waals surface area (Å²) < 4.78 is 16.2. The number of likely N-dealkylation sites (tertiary alicyclic amines) is 1. The molecule has 1 amide bonds. The topological polar surface area (TPSA) is 90.0 Å². The van der Waals surface area contributed by atoms with Gasteiger partial charge < -0.3 is 24.4 Å². The zero-order chi connectivity index (χ0) is 20.3. The molecule has 3 heterocycles. The Hall–Kier alpha value is -2.97. The Morgan fingerprint density at radius 2 is 1.83 bits per heavy atom. The van der Waals surface area contributed by atoms with Crippen LogP contribution in [0.5, 0.6) is 0 Å². The number of carbonyl (C=O) groups is 2. The van der Waals surface area contributed by atoms with E-state index in [-0.39, 0.29) is 5.91 Å². The number of ether oxygens (including phenoxy) is 3. The van der Waals surface area contributed by atoms with Crippen molar-refractivity contribution in [2.75, 3.05) is 38.7 Å². The number of esters is 1. The number of aromatic nitrogens is 1. The molecule has 4 rings (SSSR count). The fourth-order valence-corrected chi connectivity index (χ4v) is 3.63. The van der Waals surface area contributed by atoms with E-state index in [9.17, 15) is 9.59 Å². The van der Waals surface area contributed by atoms with Gasteiger partial charge in [0.2, 0.25) is 0 Å². The number of hydrogen-bond acceptors (Lipinski definition) is 7. The number of piperidine rings is 1. The summed E-state index contributed by atoms with van der Waals surface area (Å²) in [6.07, 6.45) is 2.89.